The molecule has 1 aromatic rings. The van der Waals surface area contributed by atoms with Gasteiger partial charge in [-0.1, -0.05) is 20.8 Å². The van der Waals surface area contributed by atoms with Crippen LogP contribution < -0.4 is 10.1 Å². The summed E-state index contributed by atoms with van der Waals surface area (Å²) in [6.07, 6.45) is -0.422. The molecule has 0 fully saturated rings. The molecule has 0 bridgehead atoms. The zero-order chi connectivity index (χ0) is 15.9. The van der Waals surface area contributed by atoms with Gasteiger partial charge in [-0.3, -0.25) is 0 Å². The summed E-state index contributed by atoms with van der Waals surface area (Å²) in [6, 6.07) is 5.65. The van der Waals surface area contributed by atoms with Gasteiger partial charge in [0.15, 0.2) is 0 Å². The summed E-state index contributed by atoms with van der Waals surface area (Å²) in [7, 11) is 0. The molecule has 21 heavy (non-hydrogen) atoms. The third kappa shape index (κ3) is 8.65. The van der Waals surface area contributed by atoms with Crippen LogP contribution in [0.3, 0.4) is 0 Å². The van der Waals surface area contributed by atoms with Gasteiger partial charge in [-0.25, -0.2) is 4.39 Å². The third-order valence-corrected chi connectivity index (χ3v) is 2.86. The fourth-order valence-corrected chi connectivity index (χ4v) is 1.98. The van der Waals surface area contributed by atoms with Crippen LogP contribution in [0.15, 0.2) is 24.3 Å². The van der Waals surface area contributed by atoms with Gasteiger partial charge in [0.1, 0.15) is 24.3 Å². The molecule has 0 aliphatic heterocycles. The number of rotatable bonds is 8. The largest absolute Gasteiger partial charge is 0.491 e. The van der Waals surface area contributed by atoms with Crippen molar-refractivity contribution < 1.29 is 19.3 Å². The van der Waals surface area contributed by atoms with Crippen LogP contribution in [0.25, 0.3) is 0 Å². The van der Waals surface area contributed by atoms with E-state index in [1.807, 2.05) is 0 Å². The highest BCUT2D eigenvalue weighted by atomic mass is 19.1. The quantitative estimate of drug-likeness (QED) is 0.686. The Morgan fingerprint density at radius 1 is 1.10 bits per heavy atom. The van der Waals surface area contributed by atoms with Crippen LogP contribution in [-0.2, 0) is 0 Å². The zero-order valence-electron chi connectivity index (χ0n) is 13.0. The highest BCUT2D eigenvalue weighted by Gasteiger charge is 2.16. The van der Waals surface area contributed by atoms with E-state index in [-0.39, 0.29) is 17.8 Å². The molecule has 0 amide bonds. The van der Waals surface area contributed by atoms with Crippen LogP contribution in [0.1, 0.15) is 27.2 Å². The van der Waals surface area contributed by atoms with Gasteiger partial charge < -0.3 is 20.3 Å². The van der Waals surface area contributed by atoms with E-state index >= 15 is 0 Å². The second-order valence-corrected chi connectivity index (χ2v) is 6.50. The van der Waals surface area contributed by atoms with E-state index < -0.39 is 12.2 Å². The molecule has 0 radical (unpaired) electrons. The maximum absolute atomic E-state index is 12.7. The monoisotopic (exact) mass is 299 g/mol. The van der Waals surface area contributed by atoms with E-state index in [1.165, 1.54) is 24.3 Å². The highest BCUT2D eigenvalue weighted by molar-refractivity contribution is 5.22. The average Bonchev–Trinajstić information content (AvgIpc) is 2.36. The first-order chi connectivity index (χ1) is 9.76. The maximum atomic E-state index is 12.7. The number of nitrogens with one attached hydrogen (secondary N) is 1. The van der Waals surface area contributed by atoms with Crippen molar-refractivity contribution in [1.82, 2.24) is 5.32 Å². The number of aliphatic hydroxyl groups excluding tert-OH is 2. The molecule has 5 heteroatoms. The third-order valence-electron chi connectivity index (χ3n) is 2.86. The average molecular weight is 299 g/mol. The van der Waals surface area contributed by atoms with Crippen molar-refractivity contribution >= 4 is 0 Å². The van der Waals surface area contributed by atoms with Gasteiger partial charge in [0, 0.05) is 13.1 Å². The molecule has 1 rings (SSSR count). The van der Waals surface area contributed by atoms with E-state index in [4.69, 9.17) is 4.74 Å². The lowest BCUT2D eigenvalue weighted by Gasteiger charge is -2.23. The van der Waals surface area contributed by atoms with Crippen LogP contribution in [0, 0.1) is 11.2 Å². The lowest BCUT2D eigenvalue weighted by Crippen LogP contribution is -2.37. The van der Waals surface area contributed by atoms with Gasteiger partial charge in [0.25, 0.3) is 0 Å². The van der Waals surface area contributed by atoms with Gasteiger partial charge in [0.2, 0.25) is 0 Å². The lowest BCUT2D eigenvalue weighted by molar-refractivity contribution is 0.0907. The highest BCUT2D eigenvalue weighted by Crippen LogP contribution is 2.20. The summed E-state index contributed by atoms with van der Waals surface area (Å²) in [5.41, 5.74) is 0.0748. The number of ether oxygens (including phenoxy) is 1. The second kappa shape index (κ2) is 8.32. The lowest BCUT2D eigenvalue weighted by atomic mass is 9.89. The Hall–Kier alpha value is -1.17. The van der Waals surface area contributed by atoms with Crippen molar-refractivity contribution in [2.75, 3.05) is 19.7 Å². The molecule has 4 nitrogen and oxygen atoms in total. The number of benzene rings is 1. The Kier molecular flexibility index (Phi) is 7.08. The second-order valence-electron chi connectivity index (χ2n) is 6.50. The van der Waals surface area contributed by atoms with E-state index in [0.717, 1.165) is 0 Å². The first kappa shape index (κ1) is 17.9. The Morgan fingerprint density at radius 2 is 1.67 bits per heavy atom. The molecule has 3 N–H and O–H groups in total. The van der Waals surface area contributed by atoms with Crippen molar-refractivity contribution in [3.05, 3.63) is 30.1 Å². The van der Waals surface area contributed by atoms with E-state index in [9.17, 15) is 14.6 Å². The predicted octanol–water partition coefficient (Wildman–Crippen LogP) is 1.95. The number of hydrogen-bond acceptors (Lipinski definition) is 4. The Bertz CT molecular complexity index is 403. The van der Waals surface area contributed by atoms with Crippen molar-refractivity contribution in [2.45, 2.75) is 39.4 Å². The number of hydrogen-bond donors (Lipinski definition) is 3. The summed E-state index contributed by atoms with van der Waals surface area (Å²) >= 11 is 0. The summed E-state index contributed by atoms with van der Waals surface area (Å²) < 4.78 is 18.0. The normalized spacial score (nSPS) is 14.8. The molecule has 120 valence electrons. The van der Waals surface area contributed by atoms with Crippen LogP contribution in [0.5, 0.6) is 5.75 Å². The summed E-state index contributed by atoms with van der Waals surface area (Å²) in [5.74, 6) is 0.195. The number of aliphatic hydroxyl groups is 2. The Balaban J connectivity index is 2.16. The molecule has 1 aromatic carbocycles. The smallest absolute Gasteiger partial charge is 0.123 e. The minimum Gasteiger partial charge on any atom is -0.491 e. The molecular weight excluding hydrogens is 273 g/mol. The molecule has 0 spiro atoms. The van der Waals surface area contributed by atoms with Crippen molar-refractivity contribution in [3.63, 3.8) is 0 Å². The van der Waals surface area contributed by atoms with E-state index in [0.29, 0.717) is 25.3 Å². The summed E-state index contributed by atoms with van der Waals surface area (Å²) in [5, 5.41) is 22.6. The minimum absolute atomic E-state index is 0.0748. The summed E-state index contributed by atoms with van der Waals surface area (Å²) in [6.45, 7) is 7.10. The van der Waals surface area contributed by atoms with Crippen molar-refractivity contribution in [3.8, 4) is 5.75 Å². The fourth-order valence-electron chi connectivity index (χ4n) is 1.98. The van der Waals surface area contributed by atoms with Crippen molar-refractivity contribution in [2.24, 2.45) is 5.41 Å². The standard InChI is InChI=1S/C16H26FNO3/c1-16(2,3)8-13(19)9-18-10-14(20)11-21-15-6-4-12(17)5-7-15/h4-7,13-14,18-20H,8-11H2,1-3H3. The van der Waals surface area contributed by atoms with Gasteiger partial charge in [0.05, 0.1) is 6.10 Å². The van der Waals surface area contributed by atoms with Crippen molar-refractivity contribution in [1.29, 1.82) is 0 Å². The van der Waals surface area contributed by atoms with Gasteiger partial charge in [-0.15, -0.1) is 0 Å². The summed E-state index contributed by atoms with van der Waals surface area (Å²) in [4.78, 5) is 0. The van der Waals surface area contributed by atoms with E-state index in [1.54, 1.807) is 0 Å². The molecule has 2 unspecified atom stereocenters. The van der Waals surface area contributed by atoms with Gasteiger partial charge >= 0.3 is 0 Å². The molecular formula is C16H26FNO3. The van der Waals surface area contributed by atoms with Crippen LogP contribution >= 0.6 is 0 Å². The maximum Gasteiger partial charge on any atom is 0.123 e. The first-order valence-corrected chi connectivity index (χ1v) is 7.21. The zero-order valence-corrected chi connectivity index (χ0v) is 13.0. The molecule has 0 aliphatic carbocycles. The minimum atomic E-state index is -0.683. The van der Waals surface area contributed by atoms with Gasteiger partial charge in [-0.2, -0.15) is 0 Å². The topological polar surface area (TPSA) is 61.7 Å². The van der Waals surface area contributed by atoms with Crippen LogP contribution in [0.2, 0.25) is 0 Å². The Labute approximate surface area is 125 Å². The number of halogens is 1. The van der Waals surface area contributed by atoms with Crippen LogP contribution in [0.4, 0.5) is 4.39 Å². The van der Waals surface area contributed by atoms with Crippen LogP contribution in [-0.4, -0.2) is 42.1 Å². The molecule has 0 aliphatic rings. The predicted molar refractivity (Wildman–Crippen MR) is 80.9 cm³/mol. The molecule has 0 saturated heterocycles. The molecule has 0 aromatic heterocycles. The molecule has 0 heterocycles. The SMILES string of the molecule is CC(C)(C)CC(O)CNCC(O)COc1ccc(F)cc1. The van der Waals surface area contributed by atoms with E-state index in [2.05, 4.69) is 26.1 Å². The molecule has 0 saturated carbocycles. The first-order valence-electron chi connectivity index (χ1n) is 7.21. The van der Waals surface area contributed by atoms with Gasteiger partial charge in [-0.05, 0) is 36.1 Å². The Morgan fingerprint density at radius 3 is 2.24 bits per heavy atom. The fraction of sp³-hybridized carbons (Fsp3) is 0.625. The molecule has 2 atom stereocenters.